The number of aromatic nitrogens is 4. The summed E-state index contributed by atoms with van der Waals surface area (Å²) in [7, 11) is 1.68. The third kappa shape index (κ3) is 3.93. The summed E-state index contributed by atoms with van der Waals surface area (Å²) in [5.74, 6) is 1.03. The molecule has 144 valence electrons. The van der Waals surface area contributed by atoms with Crippen LogP contribution in [0, 0.1) is 5.82 Å². The molecule has 1 aliphatic rings. The fourth-order valence-corrected chi connectivity index (χ4v) is 2.86. The van der Waals surface area contributed by atoms with E-state index in [9.17, 15) is 9.18 Å². The summed E-state index contributed by atoms with van der Waals surface area (Å²) in [4.78, 5) is 15.2. The number of halogens is 1. The quantitative estimate of drug-likeness (QED) is 0.668. The van der Waals surface area contributed by atoms with Gasteiger partial charge in [-0.3, -0.25) is 4.79 Å². The third-order valence-corrected chi connectivity index (χ3v) is 4.28. The maximum Gasteiger partial charge on any atom is 0.246 e. The molecule has 0 saturated carbocycles. The summed E-state index contributed by atoms with van der Waals surface area (Å²) in [5.41, 5.74) is 0.499. The highest BCUT2D eigenvalue weighted by Gasteiger charge is 2.24. The Balaban J connectivity index is 1.35. The first-order chi connectivity index (χ1) is 13.6. The second kappa shape index (κ2) is 7.63. The predicted molar refractivity (Wildman–Crippen MR) is 97.2 cm³/mol. The lowest BCUT2D eigenvalue weighted by Gasteiger charge is -2.29. The van der Waals surface area contributed by atoms with Crippen LogP contribution in [-0.4, -0.2) is 57.3 Å². The van der Waals surface area contributed by atoms with E-state index in [0.29, 0.717) is 30.2 Å². The molecule has 1 atom stereocenters. The Morgan fingerprint density at radius 2 is 2.07 bits per heavy atom. The average Bonchev–Trinajstić information content (AvgIpc) is 3.16. The number of likely N-dealkylation sites (N-methyl/N-ethyl adjacent to an activating group) is 1. The molecule has 2 aromatic carbocycles. The monoisotopic (exact) mass is 383 g/mol. The zero-order chi connectivity index (χ0) is 19.5. The van der Waals surface area contributed by atoms with Crippen molar-refractivity contribution in [1.82, 2.24) is 25.1 Å². The van der Waals surface area contributed by atoms with E-state index in [-0.39, 0.29) is 30.2 Å². The molecule has 8 nitrogen and oxygen atoms in total. The van der Waals surface area contributed by atoms with Crippen LogP contribution in [-0.2, 0) is 11.3 Å². The molecule has 0 fully saturated rings. The molecule has 0 aliphatic carbocycles. The Hall–Kier alpha value is -3.49. The van der Waals surface area contributed by atoms with Gasteiger partial charge in [0, 0.05) is 12.6 Å². The van der Waals surface area contributed by atoms with Gasteiger partial charge in [-0.1, -0.05) is 24.3 Å². The number of nitrogens with zero attached hydrogens (tertiary/aromatic N) is 5. The molecule has 0 unspecified atom stereocenters. The summed E-state index contributed by atoms with van der Waals surface area (Å²) < 4.78 is 24.9. The number of ether oxygens (including phenoxy) is 2. The zero-order valence-electron chi connectivity index (χ0n) is 15.2. The van der Waals surface area contributed by atoms with Crippen LogP contribution in [0.25, 0.3) is 11.4 Å². The van der Waals surface area contributed by atoms with E-state index in [1.165, 1.54) is 21.8 Å². The number of benzene rings is 2. The maximum atomic E-state index is 13.3. The molecule has 9 heteroatoms. The van der Waals surface area contributed by atoms with Gasteiger partial charge in [0.1, 0.15) is 19.0 Å². The lowest BCUT2D eigenvalue weighted by molar-refractivity contribution is -0.132. The molecule has 4 rings (SSSR count). The van der Waals surface area contributed by atoms with Crippen LogP contribution in [0.2, 0.25) is 0 Å². The molecule has 28 heavy (non-hydrogen) atoms. The minimum Gasteiger partial charge on any atom is -0.486 e. The molecule has 0 N–H and O–H groups in total. The van der Waals surface area contributed by atoms with Crippen LogP contribution < -0.4 is 9.47 Å². The Bertz CT molecular complexity index is 993. The van der Waals surface area contributed by atoms with E-state index < -0.39 is 0 Å². The van der Waals surface area contributed by atoms with Crippen LogP contribution in [0.15, 0.2) is 48.5 Å². The predicted octanol–water partition coefficient (Wildman–Crippen LogP) is 1.78. The van der Waals surface area contributed by atoms with Gasteiger partial charge in [0.05, 0.1) is 6.54 Å². The molecule has 1 aliphatic heterocycles. The van der Waals surface area contributed by atoms with Gasteiger partial charge in [-0.15, -0.1) is 10.2 Å². The first-order valence-electron chi connectivity index (χ1n) is 8.74. The topological polar surface area (TPSA) is 82.4 Å². The number of hydrogen-bond donors (Lipinski definition) is 0. The van der Waals surface area contributed by atoms with Crippen LogP contribution in [0.1, 0.15) is 0 Å². The second-order valence-corrected chi connectivity index (χ2v) is 6.43. The number of hydrogen-bond acceptors (Lipinski definition) is 6. The molecule has 0 spiro atoms. The van der Waals surface area contributed by atoms with Gasteiger partial charge in [-0.05, 0) is 29.5 Å². The van der Waals surface area contributed by atoms with Crippen LogP contribution in [0.4, 0.5) is 4.39 Å². The SMILES string of the molecule is CN(C[C@H]1COc2ccccc2O1)C(=O)Cn1nnc(-c2cccc(F)c2)n1. The number of rotatable bonds is 5. The van der Waals surface area contributed by atoms with Crippen molar-refractivity contribution >= 4 is 5.91 Å². The van der Waals surface area contributed by atoms with E-state index >= 15 is 0 Å². The number of fused-ring (bicyclic) bond motifs is 1. The summed E-state index contributed by atoms with van der Waals surface area (Å²) in [6.45, 7) is 0.640. The van der Waals surface area contributed by atoms with Crippen LogP contribution in [0.3, 0.4) is 0 Å². The highest BCUT2D eigenvalue weighted by atomic mass is 19.1. The van der Waals surface area contributed by atoms with Crippen molar-refractivity contribution in [2.75, 3.05) is 20.2 Å². The van der Waals surface area contributed by atoms with Crippen molar-refractivity contribution in [2.45, 2.75) is 12.6 Å². The zero-order valence-corrected chi connectivity index (χ0v) is 15.2. The van der Waals surface area contributed by atoms with Crippen molar-refractivity contribution in [2.24, 2.45) is 0 Å². The Morgan fingerprint density at radius 1 is 1.25 bits per heavy atom. The molecule has 0 radical (unpaired) electrons. The molecule has 2 heterocycles. The summed E-state index contributed by atoms with van der Waals surface area (Å²) in [5, 5.41) is 11.9. The number of carbonyl (C=O) groups is 1. The van der Waals surface area contributed by atoms with Gasteiger partial charge < -0.3 is 14.4 Å². The Kier molecular flexibility index (Phi) is 4.88. The van der Waals surface area contributed by atoms with Crippen LogP contribution >= 0.6 is 0 Å². The minimum atomic E-state index is -0.388. The van der Waals surface area contributed by atoms with Crippen molar-refractivity contribution in [3.05, 3.63) is 54.3 Å². The molecular formula is C19H18FN5O3. The van der Waals surface area contributed by atoms with Gasteiger partial charge in [0.2, 0.25) is 11.7 Å². The smallest absolute Gasteiger partial charge is 0.246 e. The van der Waals surface area contributed by atoms with Gasteiger partial charge in [0.25, 0.3) is 0 Å². The van der Waals surface area contributed by atoms with Crippen molar-refractivity contribution in [3.63, 3.8) is 0 Å². The van der Waals surface area contributed by atoms with Crippen molar-refractivity contribution < 1.29 is 18.7 Å². The fraction of sp³-hybridized carbons (Fsp3) is 0.263. The minimum absolute atomic E-state index is 0.0804. The molecular weight excluding hydrogens is 365 g/mol. The molecule has 0 saturated heterocycles. The Labute approximate surface area is 160 Å². The maximum absolute atomic E-state index is 13.3. The highest BCUT2D eigenvalue weighted by molar-refractivity contribution is 5.75. The Morgan fingerprint density at radius 3 is 2.89 bits per heavy atom. The van der Waals surface area contributed by atoms with Crippen molar-refractivity contribution in [3.8, 4) is 22.9 Å². The van der Waals surface area contributed by atoms with E-state index in [1.807, 2.05) is 24.3 Å². The van der Waals surface area contributed by atoms with Gasteiger partial charge in [0.15, 0.2) is 17.6 Å². The number of amides is 1. The highest BCUT2D eigenvalue weighted by Crippen LogP contribution is 2.30. The van der Waals surface area contributed by atoms with E-state index in [2.05, 4.69) is 15.4 Å². The van der Waals surface area contributed by atoms with E-state index in [1.54, 1.807) is 19.2 Å². The lowest BCUT2D eigenvalue weighted by Crippen LogP contribution is -2.43. The fourth-order valence-electron chi connectivity index (χ4n) is 2.86. The van der Waals surface area contributed by atoms with E-state index in [4.69, 9.17) is 9.47 Å². The molecule has 1 aromatic heterocycles. The average molecular weight is 383 g/mol. The standard InChI is InChI=1S/C19H18FN5O3/c1-24(10-15-12-27-16-7-2-3-8-17(16)28-15)18(26)11-25-22-19(21-23-25)13-5-4-6-14(20)9-13/h2-9,15H,10-12H2,1H3/t15-/m0/s1. The molecule has 3 aromatic rings. The van der Waals surface area contributed by atoms with Crippen molar-refractivity contribution in [1.29, 1.82) is 0 Å². The van der Waals surface area contributed by atoms with E-state index in [0.717, 1.165) is 0 Å². The summed E-state index contributed by atoms with van der Waals surface area (Å²) >= 11 is 0. The second-order valence-electron chi connectivity index (χ2n) is 6.43. The first-order valence-corrected chi connectivity index (χ1v) is 8.74. The third-order valence-electron chi connectivity index (χ3n) is 4.28. The normalized spacial score (nSPS) is 15.3. The molecule has 1 amide bonds. The number of tetrazole rings is 1. The van der Waals surface area contributed by atoms with Gasteiger partial charge in [-0.2, -0.15) is 4.80 Å². The van der Waals surface area contributed by atoms with Gasteiger partial charge in [-0.25, -0.2) is 4.39 Å². The number of para-hydroxylation sites is 2. The first kappa shape index (κ1) is 17.9. The van der Waals surface area contributed by atoms with Gasteiger partial charge >= 0.3 is 0 Å². The summed E-state index contributed by atoms with van der Waals surface area (Å²) in [6.07, 6.45) is -0.268. The summed E-state index contributed by atoms with van der Waals surface area (Å²) in [6, 6.07) is 13.3. The lowest BCUT2D eigenvalue weighted by atomic mass is 10.2. The molecule has 0 bridgehead atoms. The number of carbonyl (C=O) groups excluding carboxylic acids is 1. The largest absolute Gasteiger partial charge is 0.486 e. The van der Waals surface area contributed by atoms with Crippen LogP contribution in [0.5, 0.6) is 11.5 Å².